The Morgan fingerprint density at radius 1 is 1.05 bits per heavy atom. The van der Waals surface area contributed by atoms with E-state index in [1.54, 1.807) is 11.9 Å². The van der Waals surface area contributed by atoms with Crippen LogP contribution in [0.15, 0.2) is 30.0 Å². The van der Waals surface area contributed by atoms with Crippen LogP contribution in [0.4, 0.5) is 0 Å². The van der Waals surface area contributed by atoms with Crippen molar-refractivity contribution >= 4 is 29.3 Å². The molecule has 1 aliphatic heterocycles. The van der Waals surface area contributed by atoms with Crippen molar-refractivity contribution in [2.45, 2.75) is 26.2 Å². The number of thiocarbonyl (C=S) groups is 1. The van der Waals surface area contributed by atoms with Crippen LogP contribution >= 0.6 is 12.2 Å². The minimum atomic E-state index is -0.0580. The maximum atomic E-state index is 12.1. The van der Waals surface area contributed by atoms with E-state index in [0.717, 1.165) is 5.56 Å². The molecule has 1 fully saturated rings. The third-order valence-electron chi connectivity index (χ3n) is 3.54. The van der Waals surface area contributed by atoms with Gasteiger partial charge >= 0.3 is 0 Å². The summed E-state index contributed by atoms with van der Waals surface area (Å²) in [4.78, 5) is 15.3. The molecule has 1 heterocycles. The van der Waals surface area contributed by atoms with E-state index in [9.17, 15) is 4.79 Å². The number of likely N-dealkylation sites (N-methyl/N-ethyl adjacent to an activating group) is 2. The minimum absolute atomic E-state index is 0.0580. The molecule has 1 saturated heterocycles. The van der Waals surface area contributed by atoms with Crippen molar-refractivity contribution in [1.82, 2.24) is 9.80 Å². The Morgan fingerprint density at radius 3 is 2.00 bits per heavy atom. The molecule has 1 aromatic carbocycles. The molecule has 0 aromatic heterocycles. The summed E-state index contributed by atoms with van der Waals surface area (Å²) in [6.07, 6.45) is 1.88. The molecule has 0 radical (unpaired) electrons. The van der Waals surface area contributed by atoms with E-state index < -0.39 is 0 Å². The lowest BCUT2D eigenvalue weighted by Crippen LogP contribution is -2.26. The Balaban J connectivity index is 2.32. The lowest BCUT2D eigenvalue weighted by molar-refractivity contribution is -0.121. The first-order chi connectivity index (χ1) is 9.21. The molecule has 0 atom stereocenters. The van der Waals surface area contributed by atoms with E-state index in [0.29, 0.717) is 10.8 Å². The van der Waals surface area contributed by atoms with Gasteiger partial charge in [0.1, 0.15) is 5.70 Å². The van der Waals surface area contributed by atoms with E-state index in [1.165, 1.54) is 10.5 Å². The fraction of sp³-hybridized carbons (Fsp3) is 0.375. The standard InChI is InChI=1S/C16H20N2OS/c1-16(2,3)12-8-6-11(7-9-12)10-13-14(19)18(5)15(20)17(13)4/h6-10H,1-5H3. The second-order valence-electron chi connectivity index (χ2n) is 6.11. The monoisotopic (exact) mass is 288 g/mol. The predicted molar refractivity (Wildman–Crippen MR) is 86.3 cm³/mol. The quantitative estimate of drug-likeness (QED) is 0.586. The average Bonchev–Trinajstić information content (AvgIpc) is 2.56. The Kier molecular flexibility index (Phi) is 3.69. The molecule has 0 N–H and O–H groups in total. The van der Waals surface area contributed by atoms with E-state index >= 15 is 0 Å². The van der Waals surface area contributed by atoms with Crippen LogP contribution < -0.4 is 0 Å². The lowest BCUT2D eigenvalue weighted by Gasteiger charge is -2.18. The number of carbonyl (C=O) groups excluding carboxylic acids is 1. The molecule has 3 nitrogen and oxygen atoms in total. The molecule has 106 valence electrons. The molecule has 20 heavy (non-hydrogen) atoms. The molecule has 0 spiro atoms. The van der Waals surface area contributed by atoms with Crippen LogP contribution in [0.3, 0.4) is 0 Å². The molecule has 1 aromatic rings. The van der Waals surface area contributed by atoms with Crippen LogP contribution in [0.2, 0.25) is 0 Å². The van der Waals surface area contributed by atoms with Crippen molar-refractivity contribution in [3.8, 4) is 0 Å². The van der Waals surface area contributed by atoms with Gasteiger partial charge in [0.05, 0.1) is 0 Å². The van der Waals surface area contributed by atoms with Gasteiger partial charge in [-0.25, -0.2) is 0 Å². The van der Waals surface area contributed by atoms with Crippen LogP contribution in [0.1, 0.15) is 31.9 Å². The predicted octanol–water partition coefficient (Wildman–Crippen LogP) is 3.01. The third-order valence-corrected chi connectivity index (χ3v) is 4.09. The summed E-state index contributed by atoms with van der Waals surface area (Å²) in [6, 6.07) is 8.29. The lowest BCUT2D eigenvalue weighted by atomic mass is 9.87. The fourth-order valence-corrected chi connectivity index (χ4v) is 2.31. The summed E-state index contributed by atoms with van der Waals surface area (Å²) >= 11 is 5.19. The van der Waals surface area contributed by atoms with E-state index in [2.05, 4.69) is 32.9 Å². The summed E-state index contributed by atoms with van der Waals surface area (Å²) in [7, 11) is 3.52. The van der Waals surface area contributed by atoms with Gasteiger partial charge in [0.2, 0.25) is 0 Å². The fourth-order valence-electron chi connectivity index (χ4n) is 2.13. The van der Waals surface area contributed by atoms with Gasteiger partial charge in [0.25, 0.3) is 5.91 Å². The molecule has 0 saturated carbocycles. The zero-order valence-corrected chi connectivity index (χ0v) is 13.4. The maximum absolute atomic E-state index is 12.1. The molecule has 0 aliphatic carbocycles. The Morgan fingerprint density at radius 2 is 1.60 bits per heavy atom. The number of benzene rings is 1. The SMILES string of the molecule is CN1C(=O)C(=Cc2ccc(C(C)(C)C)cc2)N(C)C1=S. The zero-order chi connectivity index (χ0) is 15.1. The second kappa shape index (κ2) is 5.02. The van der Waals surface area contributed by atoms with Gasteiger partial charge in [-0.2, -0.15) is 0 Å². The minimum Gasteiger partial charge on any atom is -0.317 e. The first-order valence-electron chi connectivity index (χ1n) is 6.60. The molecule has 0 bridgehead atoms. The highest BCUT2D eigenvalue weighted by Gasteiger charge is 2.32. The highest BCUT2D eigenvalue weighted by molar-refractivity contribution is 7.80. The maximum Gasteiger partial charge on any atom is 0.276 e. The van der Waals surface area contributed by atoms with Crippen molar-refractivity contribution in [1.29, 1.82) is 0 Å². The van der Waals surface area contributed by atoms with Crippen molar-refractivity contribution in [3.63, 3.8) is 0 Å². The molecule has 0 unspecified atom stereocenters. The molecular formula is C16H20N2OS. The van der Waals surface area contributed by atoms with Crippen LogP contribution in [-0.2, 0) is 10.2 Å². The van der Waals surface area contributed by atoms with Gasteiger partial charge in [-0.15, -0.1) is 0 Å². The van der Waals surface area contributed by atoms with Crippen LogP contribution in [0.5, 0.6) is 0 Å². The average molecular weight is 288 g/mol. The van der Waals surface area contributed by atoms with Crippen LogP contribution in [0.25, 0.3) is 6.08 Å². The molecule has 1 amide bonds. The van der Waals surface area contributed by atoms with Gasteiger partial charge in [0, 0.05) is 14.1 Å². The number of hydrogen-bond acceptors (Lipinski definition) is 2. The van der Waals surface area contributed by atoms with Crippen molar-refractivity contribution in [2.75, 3.05) is 14.1 Å². The summed E-state index contributed by atoms with van der Waals surface area (Å²) in [5, 5.41) is 0.535. The second-order valence-corrected chi connectivity index (χ2v) is 6.47. The number of carbonyl (C=O) groups is 1. The van der Waals surface area contributed by atoms with Gasteiger partial charge in [-0.05, 0) is 34.8 Å². The number of amides is 1. The van der Waals surface area contributed by atoms with Crippen molar-refractivity contribution in [2.24, 2.45) is 0 Å². The smallest absolute Gasteiger partial charge is 0.276 e. The first-order valence-corrected chi connectivity index (χ1v) is 7.00. The summed E-state index contributed by atoms with van der Waals surface area (Å²) in [5.74, 6) is -0.0580. The summed E-state index contributed by atoms with van der Waals surface area (Å²) < 4.78 is 0. The van der Waals surface area contributed by atoms with Gasteiger partial charge in [-0.3, -0.25) is 9.69 Å². The molecule has 1 aliphatic rings. The Labute approximate surface area is 125 Å². The molecule has 4 heteroatoms. The topological polar surface area (TPSA) is 23.6 Å². The van der Waals surface area contributed by atoms with E-state index in [1.807, 2.05) is 25.3 Å². The Hall–Kier alpha value is -1.68. The first kappa shape index (κ1) is 14.7. The van der Waals surface area contributed by atoms with E-state index in [4.69, 9.17) is 12.2 Å². The highest BCUT2D eigenvalue weighted by atomic mass is 32.1. The van der Waals surface area contributed by atoms with E-state index in [-0.39, 0.29) is 11.3 Å². The normalized spacial score (nSPS) is 18.4. The number of rotatable bonds is 1. The van der Waals surface area contributed by atoms with Gasteiger partial charge < -0.3 is 4.90 Å². The van der Waals surface area contributed by atoms with Gasteiger partial charge in [0.15, 0.2) is 5.11 Å². The number of hydrogen-bond donors (Lipinski definition) is 0. The molecule has 2 rings (SSSR count). The largest absolute Gasteiger partial charge is 0.317 e. The van der Waals surface area contributed by atoms with Crippen molar-refractivity contribution < 1.29 is 4.79 Å². The summed E-state index contributed by atoms with van der Waals surface area (Å²) in [6.45, 7) is 6.55. The summed E-state index contributed by atoms with van der Waals surface area (Å²) in [5.41, 5.74) is 3.03. The van der Waals surface area contributed by atoms with Crippen LogP contribution in [0, 0.1) is 0 Å². The zero-order valence-electron chi connectivity index (χ0n) is 12.6. The molecular weight excluding hydrogens is 268 g/mol. The Bertz CT molecular complexity index is 581. The van der Waals surface area contributed by atoms with Crippen molar-refractivity contribution in [3.05, 3.63) is 41.1 Å². The number of nitrogens with zero attached hydrogens (tertiary/aromatic N) is 2. The third kappa shape index (κ3) is 2.61. The van der Waals surface area contributed by atoms with Crippen LogP contribution in [-0.4, -0.2) is 34.9 Å². The van der Waals surface area contributed by atoms with Gasteiger partial charge in [-0.1, -0.05) is 45.0 Å². The highest BCUT2D eigenvalue weighted by Crippen LogP contribution is 2.24.